The second-order valence-corrected chi connectivity index (χ2v) is 5.20. The van der Waals surface area contributed by atoms with Crippen LogP contribution in [0.4, 0.5) is 4.39 Å². The maximum Gasteiger partial charge on any atom is 0.254 e. The van der Waals surface area contributed by atoms with Gasteiger partial charge < -0.3 is 10.6 Å². The van der Waals surface area contributed by atoms with Gasteiger partial charge in [-0.05, 0) is 43.5 Å². The van der Waals surface area contributed by atoms with E-state index in [-0.39, 0.29) is 17.8 Å². The molecule has 104 valence electrons. The summed E-state index contributed by atoms with van der Waals surface area (Å²) in [4.78, 5) is 14.4. The Morgan fingerprint density at radius 3 is 2.89 bits per heavy atom. The highest BCUT2D eigenvalue weighted by atomic mass is 19.1. The van der Waals surface area contributed by atoms with Gasteiger partial charge in [0, 0.05) is 24.7 Å². The van der Waals surface area contributed by atoms with E-state index < -0.39 is 0 Å². The van der Waals surface area contributed by atoms with Gasteiger partial charge >= 0.3 is 0 Å². The molecule has 0 aliphatic carbocycles. The number of halogens is 1. The van der Waals surface area contributed by atoms with Crippen molar-refractivity contribution < 1.29 is 9.18 Å². The molecule has 0 saturated carbocycles. The molecule has 1 heterocycles. The lowest BCUT2D eigenvalue weighted by Gasteiger charge is -2.29. The van der Waals surface area contributed by atoms with Gasteiger partial charge in [0.15, 0.2) is 0 Å². The molecular formula is C15H21FN2O. The molecule has 2 N–H and O–H groups in total. The predicted octanol–water partition coefficient (Wildman–Crippen LogP) is 2.48. The molecule has 1 saturated heterocycles. The zero-order valence-electron chi connectivity index (χ0n) is 11.4. The minimum atomic E-state index is -0.275. The number of nitrogens with two attached hydrogens (primary N) is 1. The number of likely N-dealkylation sites (tertiary alicyclic amines) is 1. The van der Waals surface area contributed by atoms with Gasteiger partial charge in [-0.15, -0.1) is 0 Å². The first-order valence-electron chi connectivity index (χ1n) is 6.90. The molecule has 1 aromatic carbocycles. The van der Waals surface area contributed by atoms with Gasteiger partial charge in [-0.3, -0.25) is 4.79 Å². The number of hydrogen-bond donors (Lipinski definition) is 1. The van der Waals surface area contributed by atoms with E-state index in [1.54, 1.807) is 19.1 Å². The van der Waals surface area contributed by atoms with E-state index >= 15 is 0 Å². The molecule has 1 amide bonds. The molecule has 1 aliphatic heterocycles. The normalized spacial score (nSPS) is 20.2. The lowest BCUT2D eigenvalue weighted by atomic mass is 10.1. The van der Waals surface area contributed by atoms with Crippen molar-refractivity contribution in [3.05, 3.63) is 35.1 Å². The van der Waals surface area contributed by atoms with Gasteiger partial charge in [0.1, 0.15) is 5.82 Å². The summed E-state index contributed by atoms with van der Waals surface area (Å²) >= 11 is 0. The van der Waals surface area contributed by atoms with Gasteiger partial charge in [-0.2, -0.15) is 0 Å². The number of aryl methyl sites for hydroxylation is 1. The molecule has 1 unspecified atom stereocenters. The molecule has 0 bridgehead atoms. The number of carbonyl (C=O) groups is 1. The van der Waals surface area contributed by atoms with Crippen molar-refractivity contribution >= 4 is 5.91 Å². The minimum Gasteiger partial charge on any atom is -0.334 e. The topological polar surface area (TPSA) is 46.3 Å². The van der Waals surface area contributed by atoms with Crippen LogP contribution in [0.2, 0.25) is 0 Å². The molecule has 4 heteroatoms. The summed E-state index contributed by atoms with van der Waals surface area (Å²) in [6.07, 6.45) is 4.24. The Labute approximate surface area is 113 Å². The van der Waals surface area contributed by atoms with Crippen LogP contribution in [-0.2, 0) is 0 Å². The Hall–Kier alpha value is -1.42. The fraction of sp³-hybridized carbons (Fsp3) is 0.533. The third-order valence-electron chi connectivity index (χ3n) is 3.81. The number of amides is 1. The quantitative estimate of drug-likeness (QED) is 0.892. The summed E-state index contributed by atoms with van der Waals surface area (Å²) < 4.78 is 13.3. The van der Waals surface area contributed by atoms with Crippen LogP contribution in [0.1, 0.15) is 41.6 Å². The Balaban J connectivity index is 2.22. The molecule has 2 rings (SSSR count). The number of nitrogens with zero attached hydrogens (tertiary/aromatic N) is 1. The summed E-state index contributed by atoms with van der Waals surface area (Å²) in [5.74, 6) is -0.303. The Morgan fingerprint density at radius 1 is 1.42 bits per heavy atom. The highest BCUT2D eigenvalue weighted by molar-refractivity contribution is 5.94. The average Bonchev–Trinajstić information content (AvgIpc) is 2.66. The van der Waals surface area contributed by atoms with Crippen LogP contribution in [0.3, 0.4) is 0 Å². The van der Waals surface area contributed by atoms with Gasteiger partial charge in [-0.1, -0.05) is 12.8 Å². The Kier molecular flexibility index (Phi) is 4.53. The second kappa shape index (κ2) is 6.15. The number of carbonyl (C=O) groups excluding carboxylic acids is 1. The van der Waals surface area contributed by atoms with Gasteiger partial charge in [-0.25, -0.2) is 4.39 Å². The summed E-state index contributed by atoms with van der Waals surface area (Å²) in [5.41, 5.74) is 6.84. The molecule has 1 atom stereocenters. The van der Waals surface area contributed by atoms with Crippen LogP contribution in [0.25, 0.3) is 0 Å². The van der Waals surface area contributed by atoms with Crippen LogP contribution < -0.4 is 5.73 Å². The van der Waals surface area contributed by atoms with Gasteiger partial charge in [0.05, 0.1) is 0 Å². The number of rotatable bonds is 2. The third kappa shape index (κ3) is 3.13. The monoisotopic (exact) mass is 264 g/mol. The predicted molar refractivity (Wildman–Crippen MR) is 73.5 cm³/mol. The minimum absolute atomic E-state index is 0.0274. The maximum absolute atomic E-state index is 13.3. The average molecular weight is 264 g/mol. The fourth-order valence-electron chi connectivity index (χ4n) is 2.63. The summed E-state index contributed by atoms with van der Waals surface area (Å²) in [7, 11) is 0. The van der Waals surface area contributed by atoms with Crippen LogP contribution in [0.5, 0.6) is 0 Å². The summed E-state index contributed by atoms with van der Waals surface area (Å²) in [6.45, 7) is 2.91. The number of benzene rings is 1. The first-order valence-corrected chi connectivity index (χ1v) is 6.90. The molecule has 1 fully saturated rings. The van der Waals surface area contributed by atoms with E-state index in [9.17, 15) is 9.18 Å². The van der Waals surface area contributed by atoms with E-state index in [4.69, 9.17) is 5.73 Å². The highest BCUT2D eigenvalue weighted by Crippen LogP contribution is 2.19. The van der Waals surface area contributed by atoms with Crippen molar-refractivity contribution in [2.75, 3.05) is 13.1 Å². The lowest BCUT2D eigenvalue weighted by molar-refractivity contribution is 0.0689. The molecule has 0 aromatic heterocycles. The molecule has 0 radical (unpaired) electrons. The van der Waals surface area contributed by atoms with Gasteiger partial charge in [0.2, 0.25) is 0 Å². The van der Waals surface area contributed by atoms with Crippen LogP contribution in [-0.4, -0.2) is 29.9 Å². The first-order chi connectivity index (χ1) is 9.13. The largest absolute Gasteiger partial charge is 0.334 e. The first kappa shape index (κ1) is 14.0. The van der Waals surface area contributed by atoms with Crippen molar-refractivity contribution in [2.45, 2.75) is 38.6 Å². The summed E-state index contributed by atoms with van der Waals surface area (Å²) in [5, 5.41) is 0. The number of hydrogen-bond acceptors (Lipinski definition) is 2. The lowest BCUT2D eigenvalue weighted by Crippen LogP contribution is -2.44. The van der Waals surface area contributed by atoms with Crippen LogP contribution in [0.15, 0.2) is 18.2 Å². The van der Waals surface area contributed by atoms with Crippen molar-refractivity contribution in [3.8, 4) is 0 Å². The summed E-state index contributed by atoms with van der Waals surface area (Å²) in [6, 6.07) is 4.65. The zero-order valence-corrected chi connectivity index (χ0v) is 11.4. The SMILES string of the molecule is Cc1cc(C(=O)N2CCCCCC2CN)ccc1F. The molecule has 0 spiro atoms. The second-order valence-electron chi connectivity index (χ2n) is 5.20. The fourth-order valence-corrected chi connectivity index (χ4v) is 2.63. The molecule has 1 aliphatic rings. The van der Waals surface area contributed by atoms with Crippen LogP contribution in [0, 0.1) is 12.7 Å². The van der Waals surface area contributed by atoms with Crippen molar-refractivity contribution in [3.63, 3.8) is 0 Å². The van der Waals surface area contributed by atoms with Crippen molar-refractivity contribution in [1.29, 1.82) is 0 Å². The zero-order chi connectivity index (χ0) is 13.8. The Bertz CT molecular complexity index is 461. The van der Waals surface area contributed by atoms with E-state index in [0.29, 0.717) is 17.7 Å². The molecule has 1 aromatic rings. The standard InChI is InChI=1S/C15H21FN2O/c1-11-9-12(6-7-14(11)16)15(19)18-8-4-2-3-5-13(18)10-17/h6-7,9,13H,2-5,8,10,17H2,1H3. The maximum atomic E-state index is 13.3. The van der Waals surface area contributed by atoms with E-state index in [1.807, 2.05) is 4.90 Å². The Morgan fingerprint density at radius 2 is 2.21 bits per heavy atom. The molecular weight excluding hydrogens is 243 g/mol. The molecule has 19 heavy (non-hydrogen) atoms. The van der Waals surface area contributed by atoms with Crippen molar-refractivity contribution in [2.24, 2.45) is 5.73 Å². The third-order valence-corrected chi connectivity index (χ3v) is 3.81. The van der Waals surface area contributed by atoms with Crippen LogP contribution >= 0.6 is 0 Å². The highest BCUT2D eigenvalue weighted by Gasteiger charge is 2.25. The van der Waals surface area contributed by atoms with E-state index in [1.165, 1.54) is 6.07 Å². The molecule has 3 nitrogen and oxygen atoms in total. The van der Waals surface area contributed by atoms with Crippen molar-refractivity contribution in [1.82, 2.24) is 4.90 Å². The van der Waals surface area contributed by atoms with E-state index in [2.05, 4.69) is 0 Å². The van der Waals surface area contributed by atoms with E-state index in [0.717, 1.165) is 32.2 Å². The van der Waals surface area contributed by atoms with Gasteiger partial charge in [0.25, 0.3) is 5.91 Å². The smallest absolute Gasteiger partial charge is 0.254 e.